The Morgan fingerprint density at radius 2 is 1.91 bits per heavy atom. The zero-order chi connectivity index (χ0) is 34.7. The molecule has 13 nitrogen and oxygen atoms in total. The second kappa shape index (κ2) is 13.3. The molecule has 1 atom stereocenters. The van der Waals surface area contributed by atoms with Crippen LogP contribution in [0.1, 0.15) is 40.9 Å². The molecular weight excluding hydrogens is 621 g/mol. The van der Waals surface area contributed by atoms with Crippen LogP contribution in [-0.4, -0.2) is 62.4 Å². The average molecular weight is 653 g/mol. The Morgan fingerprint density at radius 1 is 1.21 bits per heavy atom. The molecule has 0 fully saturated rings. The Labute approximate surface area is 266 Å². The summed E-state index contributed by atoms with van der Waals surface area (Å²) in [7, 11) is 7.05. The van der Waals surface area contributed by atoms with E-state index in [0.29, 0.717) is 34.3 Å². The standard InChI is InChI=1S/C30H29F3N8O3.CH2O2/c1-18-25(27(42)44-5)26(40-28(36-37-29(40)43)39(18)23-8-6-7-21(12-23)30(31,32)33)24-10-9-19(13-34)11-20(24)15-41(3,4)16-22-14-38(2)17-35-22;2-1-3/h6-12,14,17,26H,15-16H2,1-5H3;1H,(H,2,3)/t26-;/m1./s1. The first kappa shape index (κ1) is 34.2. The van der Waals surface area contributed by atoms with E-state index in [9.17, 15) is 28.0 Å². The van der Waals surface area contributed by atoms with E-state index in [1.54, 1.807) is 31.5 Å². The lowest BCUT2D eigenvalue weighted by molar-refractivity contribution is -0.917. The van der Waals surface area contributed by atoms with E-state index in [2.05, 4.69) is 21.3 Å². The number of benzene rings is 2. The van der Waals surface area contributed by atoms with Crippen LogP contribution in [0.5, 0.6) is 0 Å². The highest BCUT2D eigenvalue weighted by atomic mass is 19.4. The molecule has 0 saturated carbocycles. The zero-order valence-electron chi connectivity index (χ0n) is 26.1. The minimum atomic E-state index is -4.62. The van der Waals surface area contributed by atoms with Gasteiger partial charge in [-0.25, -0.2) is 24.2 Å². The average Bonchev–Trinajstić information content (AvgIpc) is 3.59. The van der Waals surface area contributed by atoms with Gasteiger partial charge in [0, 0.05) is 36.7 Å². The highest BCUT2D eigenvalue weighted by Gasteiger charge is 2.41. The van der Waals surface area contributed by atoms with E-state index in [-0.39, 0.29) is 22.9 Å². The van der Waals surface area contributed by atoms with Gasteiger partial charge in [0.05, 0.1) is 50.3 Å². The van der Waals surface area contributed by atoms with Crippen molar-refractivity contribution < 1.29 is 37.1 Å². The number of hydrogen-bond acceptors (Lipinski definition) is 9. The van der Waals surface area contributed by atoms with Crippen LogP contribution in [0.4, 0.5) is 24.8 Å². The van der Waals surface area contributed by atoms with Gasteiger partial charge in [-0.1, -0.05) is 12.1 Å². The summed E-state index contributed by atoms with van der Waals surface area (Å²) < 4.78 is 49.6. The number of carbonyl (C=O) groups excluding carboxylic acids is 2. The molecule has 2 aromatic carbocycles. The lowest BCUT2D eigenvalue weighted by atomic mass is 9.89. The van der Waals surface area contributed by atoms with Gasteiger partial charge in [0.25, 0.3) is 0 Å². The molecule has 3 heterocycles. The molecule has 246 valence electrons. The van der Waals surface area contributed by atoms with Gasteiger partial charge in [-0.15, -0.1) is 5.10 Å². The Kier molecular flexibility index (Phi) is 9.71. The summed E-state index contributed by atoms with van der Waals surface area (Å²) in [6.45, 7) is 1.98. The zero-order valence-corrected chi connectivity index (χ0v) is 26.1. The molecule has 0 spiro atoms. The fraction of sp³-hybridized carbons (Fsp3) is 0.290. The Hall–Kier alpha value is -5.69. The number of hydrogen-bond donors (Lipinski definition) is 1. The number of allylic oxidation sites excluding steroid dienone is 1. The minimum Gasteiger partial charge on any atom is -0.554 e. The Balaban J connectivity index is 0.00000160. The van der Waals surface area contributed by atoms with Crippen LogP contribution >= 0.6 is 0 Å². The number of aromatic amines is 1. The summed E-state index contributed by atoms with van der Waals surface area (Å²) in [6.07, 6.45) is -1.01. The number of alkyl halides is 3. The first-order chi connectivity index (χ1) is 22.1. The number of quaternary nitrogens is 1. The summed E-state index contributed by atoms with van der Waals surface area (Å²) in [4.78, 5) is 40.8. The van der Waals surface area contributed by atoms with Crippen LogP contribution in [0.2, 0.25) is 0 Å². The van der Waals surface area contributed by atoms with Crippen LogP contribution in [0, 0.1) is 11.3 Å². The SMILES string of the molecule is COC(=O)C1=C(C)N(c2cccc(C(F)(F)F)c2)c2n[nH]c(=O)n2[C@@H]1c1ccc(C#N)cc1C[N+](C)(C)Cc1cn(C)cn1.O=C[O-]. The number of imidazole rings is 1. The number of anilines is 2. The number of ether oxygens (including phenoxy) is 1. The van der Waals surface area contributed by atoms with Crippen LogP contribution in [-0.2, 0) is 40.6 Å². The van der Waals surface area contributed by atoms with Crippen molar-refractivity contribution in [2.24, 2.45) is 7.05 Å². The first-order valence-corrected chi connectivity index (χ1v) is 14.0. The molecule has 0 saturated heterocycles. The number of H-pyrrole nitrogens is 1. The molecular formula is C31H31F3N8O5. The molecule has 5 rings (SSSR count). The molecule has 2 aromatic heterocycles. The molecule has 0 bridgehead atoms. The number of halogens is 3. The van der Waals surface area contributed by atoms with E-state index in [0.717, 1.165) is 17.8 Å². The molecule has 47 heavy (non-hydrogen) atoms. The number of carboxylic acid groups (broad SMARTS) is 1. The molecule has 0 aliphatic carbocycles. The van der Waals surface area contributed by atoms with Crippen LogP contribution in [0.15, 0.2) is 71.1 Å². The fourth-order valence-corrected chi connectivity index (χ4v) is 5.66. The van der Waals surface area contributed by atoms with Gasteiger partial charge in [-0.3, -0.25) is 4.90 Å². The number of aryl methyl sites for hydroxylation is 1. The largest absolute Gasteiger partial charge is 0.554 e. The van der Waals surface area contributed by atoms with E-state index < -0.39 is 35.9 Å². The van der Waals surface area contributed by atoms with Crippen molar-refractivity contribution in [3.05, 3.63) is 105 Å². The number of rotatable bonds is 7. The van der Waals surface area contributed by atoms with Crippen LogP contribution in [0.3, 0.4) is 0 Å². The van der Waals surface area contributed by atoms with Gasteiger partial charge in [-0.05, 0) is 42.8 Å². The third-order valence-corrected chi connectivity index (χ3v) is 7.49. The van der Waals surface area contributed by atoms with Crippen LogP contribution < -0.4 is 15.7 Å². The second-order valence-corrected chi connectivity index (χ2v) is 11.4. The number of fused-ring (bicyclic) bond motifs is 1. The molecule has 16 heteroatoms. The number of aromatic nitrogens is 5. The van der Waals surface area contributed by atoms with E-state index in [4.69, 9.17) is 14.6 Å². The Bertz CT molecular complexity index is 1930. The Morgan fingerprint density at radius 3 is 2.51 bits per heavy atom. The van der Waals surface area contributed by atoms with Crippen molar-refractivity contribution in [3.8, 4) is 6.07 Å². The number of carbonyl (C=O) groups is 2. The second-order valence-electron chi connectivity index (χ2n) is 11.4. The van der Waals surface area contributed by atoms with Crippen LogP contribution in [0.25, 0.3) is 0 Å². The number of methoxy groups -OCH3 is 1. The maximum atomic E-state index is 13.6. The number of nitrogens with one attached hydrogen (secondary N) is 1. The number of nitrogens with zero attached hydrogens (tertiary/aromatic N) is 7. The maximum Gasteiger partial charge on any atom is 0.416 e. The lowest BCUT2D eigenvalue weighted by Crippen LogP contribution is -2.40. The summed E-state index contributed by atoms with van der Waals surface area (Å²) in [5, 5.41) is 24.5. The third-order valence-electron chi connectivity index (χ3n) is 7.49. The van der Waals surface area contributed by atoms with Gasteiger partial charge >= 0.3 is 17.8 Å². The number of nitriles is 1. The smallest absolute Gasteiger partial charge is 0.416 e. The van der Waals surface area contributed by atoms with E-state index >= 15 is 0 Å². The third kappa shape index (κ3) is 7.10. The molecule has 1 aliphatic heterocycles. The van der Waals surface area contributed by atoms with Gasteiger partial charge < -0.3 is 23.7 Å². The molecule has 4 aromatic rings. The first-order valence-electron chi connectivity index (χ1n) is 14.0. The predicted octanol–water partition coefficient (Wildman–Crippen LogP) is 2.53. The fourth-order valence-electron chi connectivity index (χ4n) is 5.66. The quantitative estimate of drug-likeness (QED) is 0.180. The monoisotopic (exact) mass is 652 g/mol. The van der Waals surface area contributed by atoms with Gasteiger partial charge in [0.15, 0.2) is 0 Å². The normalized spacial score (nSPS) is 14.5. The summed E-state index contributed by atoms with van der Waals surface area (Å²) in [6, 6.07) is 10.6. The van der Waals surface area contributed by atoms with Gasteiger partial charge in [-0.2, -0.15) is 18.4 Å². The maximum absolute atomic E-state index is 13.6. The van der Waals surface area contributed by atoms with Crippen molar-refractivity contribution >= 4 is 24.1 Å². The highest BCUT2D eigenvalue weighted by molar-refractivity contribution is 5.93. The predicted molar refractivity (Wildman–Crippen MR) is 159 cm³/mol. The van der Waals surface area contributed by atoms with Crippen molar-refractivity contribution in [1.29, 1.82) is 5.26 Å². The van der Waals surface area contributed by atoms with Gasteiger partial charge in [0.1, 0.15) is 24.8 Å². The van der Waals surface area contributed by atoms with E-state index in [1.807, 2.05) is 31.9 Å². The van der Waals surface area contributed by atoms with Crippen molar-refractivity contribution in [3.63, 3.8) is 0 Å². The molecule has 0 amide bonds. The molecule has 0 unspecified atom stereocenters. The van der Waals surface area contributed by atoms with E-state index in [1.165, 1.54) is 28.7 Å². The highest BCUT2D eigenvalue weighted by Crippen LogP contribution is 2.44. The molecule has 1 N–H and O–H groups in total. The summed E-state index contributed by atoms with van der Waals surface area (Å²) >= 11 is 0. The lowest BCUT2D eigenvalue weighted by Gasteiger charge is -2.37. The number of esters is 1. The topological polar surface area (TPSA) is 162 Å². The molecule has 1 aliphatic rings. The minimum absolute atomic E-state index is 0.0120. The van der Waals surface area contributed by atoms with Crippen molar-refractivity contribution in [1.82, 2.24) is 24.3 Å². The van der Waals surface area contributed by atoms with Gasteiger partial charge in [0.2, 0.25) is 5.95 Å². The van der Waals surface area contributed by atoms with Crippen molar-refractivity contribution in [2.45, 2.75) is 32.2 Å². The molecule has 0 radical (unpaired) electrons. The summed E-state index contributed by atoms with van der Waals surface area (Å²) in [5.74, 6) is -0.789. The van der Waals surface area contributed by atoms with Crippen molar-refractivity contribution in [2.75, 3.05) is 26.1 Å². The summed E-state index contributed by atoms with van der Waals surface area (Å²) in [5.41, 5.74) is 1.15.